The van der Waals surface area contributed by atoms with Gasteiger partial charge >= 0.3 is 0 Å². The lowest BCUT2D eigenvalue weighted by Crippen LogP contribution is -2.51. The predicted octanol–water partition coefficient (Wildman–Crippen LogP) is 6.71. The second-order valence-corrected chi connectivity index (χ2v) is 13.6. The van der Waals surface area contributed by atoms with Crippen LogP contribution < -0.4 is 0 Å². The van der Waals surface area contributed by atoms with Crippen LogP contribution in [0.2, 0.25) is 16.6 Å². The summed E-state index contributed by atoms with van der Waals surface area (Å²) in [4.78, 5) is 0. The first-order valence-electron chi connectivity index (χ1n) is 7.80. The molecule has 1 aromatic heterocycles. The number of hydrogen-bond acceptors (Lipinski definition) is 0. The van der Waals surface area contributed by atoms with Crippen LogP contribution in [0.4, 0.5) is 8.78 Å². The zero-order chi connectivity index (χ0) is 16.8. The summed E-state index contributed by atoms with van der Waals surface area (Å²) in [5.74, 6) is -1.57. The predicted molar refractivity (Wildman–Crippen MR) is 96.0 cm³/mol. The van der Waals surface area contributed by atoms with Crippen LogP contribution in [-0.4, -0.2) is 12.5 Å². The molecule has 1 heterocycles. The third-order valence-corrected chi connectivity index (χ3v) is 12.4. The summed E-state index contributed by atoms with van der Waals surface area (Å²) in [6, 6.07) is 2.65. The molecule has 0 aliphatic rings. The van der Waals surface area contributed by atoms with E-state index in [4.69, 9.17) is 0 Å². The second-order valence-electron chi connectivity index (χ2n) is 6.98. The molecule has 5 heteroatoms. The molecule has 0 radical (unpaired) electrons. The third kappa shape index (κ3) is 2.46. The highest BCUT2D eigenvalue weighted by molar-refractivity contribution is 9.10. The minimum Gasteiger partial charge on any atom is -0.372 e. The van der Waals surface area contributed by atoms with Gasteiger partial charge in [0, 0.05) is 27.6 Å². The third-order valence-electron chi connectivity index (χ3n) is 4.99. The first kappa shape index (κ1) is 17.7. The molecule has 22 heavy (non-hydrogen) atoms. The molecule has 0 bridgehead atoms. The molecule has 122 valence electrons. The van der Waals surface area contributed by atoms with Crippen molar-refractivity contribution in [3.63, 3.8) is 0 Å². The molecular weight excluding hydrogens is 364 g/mol. The Bertz CT molecular complexity index is 670. The normalized spacial score (nSPS) is 13.1. The highest BCUT2D eigenvalue weighted by Crippen LogP contribution is 2.45. The maximum absolute atomic E-state index is 13.8. The number of halogens is 3. The van der Waals surface area contributed by atoms with Crippen LogP contribution in [0.3, 0.4) is 0 Å². The fourth-order valence-corrected chi connectivity index (χ4v) is 11.7. The summed E-state index contributed by atoms with van der Waals surface area (Å²) in [6.07, 6.45) is 2.04. The van der Waals surface area contributed by atoms with Crippen molar-refractivity contribution in [2.75, 3.05) is 0 Å². The van der Waals surface area contributed by atoms with E-state index in [1.54, 1.807) is 0 Å². The van der Waals surface area contributed by atoms with E-state index >= 15 is 0 Å². The first-order valence-corrected chi connectivity index (χ1v) is 10.8. The van der Waals surface area contributed by atoms with Crippen molar-refractivity contribution in [3.05, 3.63) is 34.4 Å². The largest absolute Gasteiger partial charge is 0.372 e. The van der Waals surface area contributed by atoms with Crippen LogP contribution >= 0.6 is 15.9 Å². The average Bonchev–Trinajstić information content (AvgIpc) is 2.67. The molecular formula is C17H24BrF2NSi. The van der Waals surface area contributed by atoms with Gasteiger partial charge in [0.05, 0.1) is 0 Å². The summed E-state index contributed by atoms with van der Waals surface area (Å²) in [6.45, 7) is 13.5. The standard InChI is InChI=1S/C17H24BrF2NSi/c1-10(2)22(11(3)4,12(5)6)21-9-14(18)13-7-15(19)16(20)8-17(13)21/h7-12H,1-6H3. The number of aromatic nitrogens is 1. The lowest BCUT2D eigenvalue weighted by molar-refractivity contribution is 0.510. The first-order chi connectivity index (χ1) is 10.1. The van der Waals surface area contributed by atoms with Crippen LogP contribution in [0.5, 0.6) is 0 Å². The van der Waals surface area contributed by atoms with Crippen LogP contribution in [0, 0.1) is 11.6 Å². The molecule has 0 amide bonds. The number of hydrogen-bond donors (Lipinski definition) is 0. The number of benzene rings is 1. The van der Waals surface area contributed by atoms with Gasteiger partial charge in [0.25, 0.3) is 0 Å². The quantitative estimate of drug-likeness (QED) is 0.513. The molecule has 0 saturated heterocycles. The number of nitrogens with zero attached hydrogens (tertiary/aromatic N) is 1. The molecule has 0 saturated carbocycles. The molecule has 0 aliphatic carbocycles. The van der Waals surface area contributed by atoms with Crippen LogP contribution in [-0.2, 0) is 0 Å². The van der Waals surface area contributed by atoms with E-state index in [2.05, 4.69) is 61.7 Å². The van der Waals surface area contributed by atoms with Crippen molar-refractivity contribution in [3.8, 4) is 0 Å². The fraction of sp³-hybridized carbons (Fsp3) is 0.529. The average molecular weight is 388 g/mol. The summed E-state index contributed by atoms with van der Waals surface area (Å²) in [5, 5.41) is 0.748. The smallest absolute Gasteiger partial charge is 0.169 e. The Hall–Kier alpha value is -0.683. The molecule has 0 fully saturated rings. The molecule has 0 unspecified atom stereocenters. The lowest BCUT2D eigenvalue weighted by Gasteiger charge is -2.44. The summed E-state index contributed by atoms with van der Waals surface area (Å²) < 4.78 is 30.6. The van der Waals surface area contributed by atoms with E-state index in [1.165, 1.54) is 12.1 Å². The molecule has 1 aromatic carbocycles. The van der Waals surface area contributed by atoms with E-state index < -0.39 is 19.9 Å². The van der Waals surface area contributed by atoms with Crippen molar-refractivity contribution in [2.24, 2.45) is 0 Å². The van der Waals surface area contributed by atoms with E-state index in [1.807, 2.05) is 6.20 Å². The van der Waals surface area contributed by atoms with E-state index in [9.17, 15) is 8.78 Å². The van der Waals surface area contributed by atoms with Gasteiger partial charge in [-0.2, -0.15) is 0 Å². The number of fused-ring (bicyclic) bond motifs is 1. The van der Waals surface area contributed by atoms with Gasteiger partial charge in [0.15, 0.2) is 19.9 Å². The van der Waals surface area contributed by atoms with Gasteiger partial charge in [-0.25, -0.2) is 8.78 Å². The Kier molecular flexibility index (Phi) is 4.88. The maximum atomic E-state index is 13.8. The minimum absolute atomic E-state index is 0.489. The van der Waals surface area contributed by atoms with Crippen LogP contribution in [0.25, 0.3) is 10.9 Å². The van der Waals surface area contributed by atoms with Gasteiger partial charge in [-0.3, -0.25) is 0 Å². The molecule has 1 nitrogen and oxygen atoms in total. The van der Waals surface area contributed by atoms with Crippen molar-refractivity contribution in [1.82, 2.24) is 4.23 Å². The molecule has 2 rings (SSSR count). The summed E-state index contributed by atoms with van der Waals surface area (Å²) in [7, 11) is -1.99. The monoisotopic (exact) mass is 387 g/mol. The van der Waals surface area contributed by atoms with E-state index in [-0.39, 0.29) is 0 Å². The van der Waals surface area contributed by atoms with Gasteiger partial charge in [0.1, 0.15) is 0 Å². The lowest BCUT2D eigenvalue weighted by atomic mass is 10.2. The maximum Gasteiger partial charge on any atom is 0.169 e. The molecule has 0 N–H and O–H groups in total. The zero-order valence-corrected chi connectivity index (χ0v) is 16.6. The Morgan fingerprint density at radius 1 is 0.909 bits per heavy atom. The Morgan fingerprint density at radius 2 is 1.36 bits per heavy atom. The molecule has 0 spiro atoms. The van der Waals surface area contributed by atoms with Gasteiger partial charge in [-0.1, -0.05) is 41.5 Å². The summed E-state index contributed by atoms with van der Waals surface area (Å²) >= 11 is 3.53. The Labute approximate surface area is 140 Å². The van der Waals surface area contributed by atoms with Crippen molar-refractivity contribution < 1.29 is 8.78 Å². The zero-order valence-electron chi connectivity index (χ0n) is 14.0. The van der Waals surface area contributed by atoms with E-state index in [0.717, 1.165) is 15.4 Å². The number of rotatable bonds is 4. The highest BCUT2D eigenvalue weighted by atomic mass is 79.9. The fourth-order valence-electron chi connectivity index (χ4n) is 4.33. The van der Waals surface area contributed by atoms with Gasteiger partial charge in [0.2, 0.25) is 0 Å². The van der Waals surface area contributed by atoms with Gasteiger partial charge < -0.3 is 4.23 Å². The Morgan fingerprint density at radius 3 is 1.82 bits per heavy atom. The second kappa shape index (κ2) is 6.08. The highest BCUT2D eigenvalue weighted by Gasteiger charge is 2.46. The van der Waals surface area contributed by atoms with Gasteiger partial charge in [-0.15, -0.1) is 0 Å². The van der Waals surface area contributed by atoms with Crippen molar-refractivity contribution in [1.29, 1.82) is 0 Å². The van der Waals surface area contributed by atoms with E-state index in [0.29, 0.717) is 16.6 Å². The van der Waals surface area contributed by atoms with Crippen LogP contribution in [0.1, 0.15) is 41.5 Å². The molecule has 0 atom stereocenters. The topological polar surface area (TPSA) is 4.93 Å². The molecule has 0 aliphatic heterocycles. The Balaban J connectivity index is 2.89. The van der Waals surface area contributed by atoms with Crippen molar-refractivity contribution >= 4 is 35.1 Å². The van der Waals surface area contributed by atoms with Gasteiger partial charge in [-0.05, 0) is 38.6 Å². The SMILES string of the molecule is CC(C)[Si](C(C)C)(C(C)C)n1cc(Br)c2cc(F)c(F)cc21. The van der Waals surface area contributed by atoms with Crippen LogP contribution in [0.15, 0.2) is 22.8 Å². The minimum atomic E-state index is -1.99. The van der Waals surface area contributed by atoms with Crippen molar-refractivity contribution in [2.45, 2.75) is 58.2 Å². The molecule has 2 aromatic rings. The summed E-state index contributed by atoms with van der Waals surface area (Å²) in [5.41, 5.74) is 2.27.